The molecule has 0 rings (SSSR count). The average molecular weight is 230 g/mol. The van der Waals surface area contributed by atoms with Gasteiger partial charge >= 0.3 is 5.97 Å². The van der Waals surface area contributed by atoms with Crippen molar-refractivity contribution in [2.75, 3.05) is 19.6 Å². The third-order valence-corrected chi connectivity index (χ3v) is 2.46. The molecule has 0 aliphatic heterocycles. The Bertz CT molecular complexity index is 174. The Kier molecular flexibility index (Phi) is 10.5. The van der Waals surface area contributed by atoms with Crippen LogP contribution in [-0.4, -0.2) is 36.8 Å². The zero-order valence-electron chi connectivity index (χ0n) is 10.6. The van der Waals surface area contributed by atoms with Crippen LogP contribution in [-0.2, 0) is 4.79 Å². The molecule has 0 saturated heterocycles. The van der Waals surface area contributed by atoms with E-state index < -0.39 is 5.97 Å². The predicted octanol–water partition coefficient (Wildman–Crippen LogP) is 1.61. The number of nitrogens with one attached hydrogen (secondary N) is 2. The molecule has 0 radical (unpaired) electrons. The van der Waals surface area contributed by atoms with Crippen molar-refractivity contribution in [3.63, 3.8) is 0 Å². The normalized spacial score (nSPS) is 12.6. The number of hydrogen-bond donors (Lipinski definition) is 3. The van der Waals surface area contributed by atoms with Crippen molar-refractivity contribution in [2.45, 2.75) is 52.0 Å². The molecule has 0 aromatic rings. The molecule has 0 saturated carbocycles. The van der Waals surface area contributed by atoms with Crippen LogP contribution in [0.2, 0.25) is 0 Å². The van der Waals surface area contributed by atoms with E-state index >= 15 is 0 Å². The molecule has 0 aliphatic rings. The van der Waals surface area contributed by atoms with E-state index in [1.807, 2.05) is 6.92 Å². The number of hydrogen-bond acceptors (Lipinski definition) is 3. The number of aliphatic carboxylic acids is 1. The van der Waals surface area contributed by atoms with Crippen LogP contribution in [0.15, 0.2) is 0 Å². The molecular formula is C12H26N2O2. The SMILES string of the molecule is CCCNCCCCC(NCCC)C(=O)O. The van der Waals surface area contributed by atoms with E-state index in [1.165, 1.54) is 0 Å². The largest absolute Gasteiger partial charge is 0.480 e. The summed E-state index contributed by atoms with van der Waals surface area (Å²) in [4.78, 5) is 10.9. The van der Waals surface area contributed by atoms with Gasteiger partial charge in [0.1, 0.15) is 6.04 Å². The lowest BCUT2D eigenvalue weighted by Crippen LogP contribution is -2.37. The molecule has 0 aromatic carbocycles. The summed E-state index contributed by atoms with van der Waals surface area (Å²) in [5.74, 6) is -0.727. The van der Waals surface area contributed by atoms with Crippen molar-refractivity contribution < 1.29 is 9.90 Å². The Labute approximate surface area is 98.8 Å². The summed E-state index contributed by atoms with van der Waals surface area (Å²) in [5.41, 5.74) is 0. The highest BCUT2D eigenvalue weighted by molar-refractivity contribution is 5.73. The monoisotopic (exact) mass is 230 g/mol. The molecule has 16 heavy (non-hydrogen) atoms. The van der Waals surface area contributed by atoms with Crippen LogP contribution in [0.25, 0.3) is 0 Å². The van der Waals surface area contributed by atoms with E-state index in [0.29, 0.717) is 0 Å². The van der Waals surface area contributed by atoms with Crippen molar-refractivity contribution in [3.05, 3.63) is 0 Å². The highest BCUT2D eigenvalue weighted by Gasteiger charge is 2.14. The van der Waals surface area contributed by atoms with Gasteiger partial charge in [0.15, 0.2) is 0 Å². The molecule has 0 heterocycles. The Morgan fingerprint density at radius 3 is 2.38 bits per heavy atom. The van der Waals surface area contributed by atoms with Crippen LogP contribution in [0, 0.1) is 0 Å². The molecule has 3 N–H and O–H groups in total. The Balaban J connectivity index is 3.48. The molecule has 1 atom stereocenters. The van der Waals surface area contributed by atoms with Crippen LogP contribution in [0.1, 0.15) is 46.0 Å². The van der Waals surface area contributed by atoms with Crippen LogP contribution >= 0.6 is 0 Å². The molecule has 0 aliphatic carbocycles. The molecular weight excluding hydrogens is 204 g/mol. The van der Waals surface area contributed by atoms with Crippen molar-refractivity contribution >= 4 is 5.97 Å². The van der Waals surface area contributed by atoms with Gasteiger partial charge in [-0.05, 0) is 45.3 Å². The van der Waals surface area contributed by atoms with Crippen LogP contribution in [0.4, 0.5) is 0 Å². The highest BCUT2D eigenvalue weighted by atomic mass is 16.4. The second-order valence-corrected chi connectivity index (χ2v) is 4.09. The third-order valence-electron chi connectivity index (χ3n) is 2.46. The summed E-state index contributed by atoms with van der Waals surface area (Å²) in [6.45, 7) is 7.01. The smallest absolute Gasteiger partial charge is 0.320 e. The number of rotatable bonds is 11. The zero-order valence-corrected chi connectivity index (χ0v) is 10.6. The first-order valence-corrected chi connectivity index (χ1v) is 6.39. The number of carboxylic acid groups (broad SMARTS) is 1. The maximum atomic E-state index is 10.9. The second-order valence-electron chi connectivity index (χ2n) is 4.09. The molecule has 4 heteroatoms. The molecule has 0 aromatic heterocycles. The molecule has 96 valence electrons. The van der Waals surface area contributed by atoms with Gasteiger partial charge in [-0.1, -0.05) is 20.3 Å². The van der Waals surface area contributed by atoms with E-state index in [4.69, 9.17) is 5.11 Å². The topological polar surface area (TPSA) is 61.4 Å². The Hall–Kier alpha value is -0.610. The van der Waals surface area contributed by atoms with Crippen LogP contribution < -0.4 is 10.6 Å². The molecule has 0 fully saturated rings. The summed E-state index contributed by atoms with van der Waals surface area (Å²) < 4.78 is 0. The van der Waals surface area contributed by atoms with Gasteiger partial charge in [0.25, 0.3) is 0 Å². The van der Waals surface area contributed by atoms with Crippen LogP contribution in [0.5, 0.6) is 0 Å². The second kappa shape index (κ2) is 10.9. The van der Waals surface area contributed by atoms with E-state index in [-0.39, 0.29) is 6.04 Å². The molecule has 1 unspecified atom stereocenters. The quantitative estimate of drug-likeness (QED) is 0.472. The standard InChI is InChI=1S/C12H26N2O2/c1-3-8-13-10-6-5-7-11(12(15)16)14-9-4-2/h11,13-14H,3-10H2,1-2H3,(H,15,16). The Morgan fingerprint density at radius 1 is 1.12 bits per heavy atom. The van der Waals surface area contributed by atoms with E-state index in [1.54, 1.807) is 0 Å². The van der Waals surface area contributed by atoms with Gasteiger partial charge < -0.3 is 15.7 Å². The zero-order chi connectivity index (χ0) is 12.2. The fourth-order valence-electron chi connectivity index (χ4n) is 1.53. The Morgan fingerprint density at radius 2 is 1.81 bits per heavy atom. The van der Waals surface area contributed by atoms with Gasteiger partial charge in [-0.15, -0.1) is 0 Å². The highest BCUT2D eigenvalue weighted by Crippen LogP contribution is 2.01. The van der Waals surface area contributed by atoms with Crippen molar-refractivity contribution in [1.82, 2.24) is 10.6 Å². The first-order chi connectivity index (χ1) is 7.72. The fourth-order valence-corrected chi connectivity index (χ4v) is 1.53. The molecule has 0 amide bonds. The predicted molar refractivity (Wildman–Crippen MR) is 66.7 cm³/mol. The average Bonchev–Trinajstić information content (AvgIpc) is 2.26. The summed E-state index contributed by atoms with van der Waals surface area (Å²) in [7, 11) is 0. The molecule has 4 nitrogen and oxygen atoms in total. The number of carbonyl (C=O) groups is 1. The van der Waals surface area contributed by atoms with E-state index in [9.17, 15) is 4.79 Å². The lowest BCUT2D eigenvalue weighted by Gasteiger charge is -2.13. The van der Waals surface area contributed by atoms with Crippen LogP contribution in [0.3, 0.4) is 0 Å². The third kappa shape index (κ3) is 8.68. The lowest BCUT2D eigenvalue weighted by atomic mass is 10.1. The maximum Gasteiger partial charge on any atom is 0.320 e. The van der Waals surface area contributed by atoms with Gasteiger partial charge in [0, 0.05) is 0 Å². The van der Waals surface area contributed by atoms with Crippen molar-refractivity contribution in [2.24, 2.45) is 0 Å². The maximum absolute atomic E-state index is 10.9. The van der Waals surface area contributed by atoms with Crippen molar-refractivity contribution in [3.8, 4) is 0 Å². The van der Waals surface area contributed by atoms with Gasteiger partial charge in [0.05, 0.1) is 0 Å². The molecule has 0 spiro atoms. The summed E-state index contributed by atoms with van der Waals surface area (Å²) >= 11 is 0. The minimum atomic E-state index is -0.727. The van der Waals surface area contributed by atoms with Gasteiger partial charge in [0.2, 0.25) is 0 Å². The van der Waals surface area contributed by atoms with Crippen molar-refractivity contribution in [1.29, 1.82) is 0 Å². The van der Waals surface area contributed by atoms with E-state index in [0.717, 1.165) is 51.7 Å². The number of unbranched alkanes of at least 4 members (excludes halogenated alkanes) is 1. The summed E-state index contributed by atoms with van der Waals surface area (Å²) in [6.07, 6.45) is 4.86. The summed E-state index contributed by atoms with van der Waals surface area (Å²) in [6, 6.07) is -0.369. The van der Waals surface area contributed by atoms with Gasteiger partial charge in [-0.3, -0.25) is 4.79 Å². The summed E-state index contributed by atoms with van der Waals surface area (Å²) in [5, 5.41) is 15.3. The minimum Gasteiger partial charge on any atom is -0.480 e. The minimum absolute atomic E-state index is 0.369. The lowest BCUT2D eigenvalue weighted by molar-refractivity contribution is -0.139. The first kappa shape index (κ1) is 15.4. The van der Waals surface area contributed by atoms with Gasteiger partial charge in [-0.25, -0.2) is 0 Å². The molecule has 0 bridgehead atoms. The fraction of sp³-hybridized carbons (Fsp3) is 0.917. The van der Waals surface area contributed by atoms with Gasteiger partial charge in [-0.2, -0.15) is 0 Å². The first-order valence-electron chi connectivity index (χ1n) is 6.39. The van der Waals surface area contributed by atoms with E-state index in [2.05, 4.69) is 17.6 Å². The number of carboxylic acids is 1.